The molecule has 4 aromatic rings. The van der Waals surface area contributed by atoms with E-state index >= 15 is 0 Å². The number of aryl methyl sites for hydroxylation is 1. The summed E-state index contributed by atoms with van der Waals surface area (Å²) in [5.74, 6) is 0. The highest BCUT2D eigenvalue weighted by Crippen LogP contribution is 2.32. The molecule has 4 rings (SSSR count). The average molecular weight is 400 g/mol. The lowest BCUT2D eigenvalue weighted by Gasteiger charge is -2.12. The summed E-state index contributed by atoms with van der Waals surface area (Å²) in [5.41, 5.74) is 4.00. The number of non-ortho nitro benzene ring substituents is 1. The minimum Gasteiger partial charge on any atom is -0.272 e. The number of rotatable bonds is 5. The molecule has 0 unspecified atom stereocenters. The largest absolute Gasteiger partial charge is 0.301 e. The summed E-state index contributed by atoms with van der Waals surface area (Å²) in [4.78, 5) is 20.8. The topological polar surface area (TPSA) is 111 Å². The van der Waals surface area contributed by atoms with E-state index in [0.717, 1.165) is 38.7 Å². The third kappa shape index (κ3) is 3.30. The minimum absolute atomic E-state index is 0.0718. The number of nitrogens with zero attached hydrogens (tertiary/aromatic N) is 3. The molecule has 0 aliphatic carbocycles. The molecule has 30 heavy (non-hydrogen) atoms. The highest BCUT2D eigenvalue weighted by molar-refractivity contribution is 6.15. The van der Waals surface area contributed by atoms with Gasteiger partial charge < -0.3 is 0 Å². The first-order chi connectivity index (χ1) is 14.5. The van der Waals surface area contributed by atoms with E-state index in [1.807, 2.05) is 48.5 Å². The molecule has 0 aliphatic heterocycles. The van der Waals surface area contributed by atoms with E-state index in [-0.39, 0.29) is 11.4 Å². The first kappa shape index (κ1) is 19.0. The first-order valence-electron chi connectivity index (χ1n) is 9.09. The van der Waals surface area contributed by atoms with Crippen molar-refractivity contribution in [3.05, 3.63) is 98.1 Å². The molecule has 1 N–H and O–H groups in total. The van der Waals surface area contributed by atoms with Crippen LogP contribution in [0.2, 0.25) is 0 Å². The molecular formula is C22H16N4O4. The Balaban J connectivity index is 1.79. The van der Waals surface area contributed by atoms with E-state index in [0.29, 0.717) is 0 Å². The normalized spacial score (nSPS) is 11.2. The van der Waals surface area contributed by atoms with E-state index < -0.39 is 15.5 Å². The van der Waals surface area contributed by atoms with E-state index in [4.69, 9.17) is 0 Å². The Hall–Kier alpha value is -4.33. The second kappa shape index (κ2) is 7.59. The second-order valence-corrected chi connectivity index (χ2v) is 6.72. The number of nitro groups is 2. The maximum absolute atomic E-state index is 11.3. The zero-order valence-corrected chi connectivity index (χ0v) is 15.9. The maximum Gasteiger partial charge on any atom is 0.301 e. The van der Waals surface area contributed by atoms with Crippen LogP contribution in [-0.4, -0.2) is 16.1 Å². The van der Waals surface area contributed by atoms with Crippen molar-refractivity contribution in [3.8, 4) is 0 Å². The number of nitrogens with one attached hydrogen (secondary N) is 1. The number of hydrogen-bond acceptors (Lipinski definition) is 6. The van der Waals surface area contributed by atoms with Crippen molar-refractivity contribution >= 4 is 44.8 Å². The molecule has 0 atom stereocenters. The predicted octanol–water partition coefficient (Wildman–Crippen LogP) is 5.56. The van der Waals surface area contributed by atoms with Gasteiger partial charge in [-0.2, -0.15) is 5.10 Å². The Morgan fingerprint density at radius 3 is 1.93 bits per heavy atom. The van der Waals surface area contributed by atoms with Crippen LogP contribution in [0.15, 0.2) is 71.8 Å². The van der Waals surface area contributed by atoms with Gasteiger partial charge in [0.1, 0.15) is 5.69 Å². The summed E-state index contributed by atoms with van der Waals surface area (Å²) >= 11 is 0. The third-order valence-corrected chi connectivity index (χ3v) is 5.01. The van der Waals surface area contributed by atoms with Crippen LogP contribution in [0, 0.1) is 27.2 Å². The van der Waals surface area contributed by atoms with Gasteiger partial charge in [-0.3, -0.25) is 25.7 Å². The van der Waals surface area contributed by atoms with Crippen LogP contribution in [0.5, 0.6) is 0 Å². The van der Waals surface area contributed by atoms with Gasteiger partial charge in [-0.1, -0.05) is 48.5 Å². The molecule has 8 nitrogen and oxygen atoms in total. The van der Waals surface area contributed by atoms with Gasteiger partial charge in [-0.25, -0.2) is 0 Å². The second-order valence-electron chi connectivity index (χ2n) is 6.72. The van der Waals surface area contributed by atoms with Crippen molar-refractivity contribution < 1.29 is 9.85 Å². The van der Waals surface area contributed by atoms with E-state index in [1.54, 1.807) is 6.21 Å². The van der Waals surface area contributed by atoms with E-state index in [1.165, 1.54) is 12.1 Å². The van der Waals surface area contributed by atoms with Crippen molar-refractivity contribution in [1.29, 1.82) is 0 Å². The molecule has 0 aliphatic rings. The minimum atomic E-state index is -0.679. The Bertz CT molecular complexity index is 1290. The smallest absolute Gasteiger partial charge is 0.272 e. The molecule has 0 saturated heterocycles. The third-order valence-electron chi connectivity index (χ3n) is 5.01. The fraction of sp³-hybridized carbons (Fsp3) is 0.0455. The summed E-state index contributed by atoms with van der Waals surface area (Å²) in [6, 6.07) is 19.3. The molecule has 0 bridgehead atoms. The zero-order chi connectivity index (χ0) is 21.3. The molecule has 8 heteroatoms. The van der Waals surface area contributed by atoms with Gasteiger partial charge in [0.15, 0.2) is 0 Å². The molecule has 4 aromatic carbocycles. The van der Waals surface area contributed by atoms with Gasteiger partial charge in [0.05, 0.1) is 22.1 Å². The molecular weight excluding hydrogens is 384 g/mol. The van der Waals surface area contributed by atoms with E-state index in [2.05, 4.69) is 17.5 Å². The SMILES string of the molecule is Cc1c2ccccc2c(/C=N/Nc2ccc([N+](=O)[O-])cc2[N+](=O)[O-])c2ccccc12. The van der Waals surface area contributed by atoms with Crippen LogP contribution in [0.4, 0.5) is 17.1 Å². The summed E-state index contributed by atoms with van der Waals surface area (Å²) < 4.78 is 0. The number of hydrazone groups is 1. The summed E-state index contributed by atoms with van der Waals surface area (Å²) in [6.07, 6.45) is 1.62. The van der Waals surface area contributed by atoms with Crippen LogP contribution < -0.4 is 5.43 Å². The summed E-state index contributed by atoms with van der Waals surface area (Å²) in [5, 5.41) is 30.6. The number of benzene rings is 4. The number of hydrogen-bond donors (Lipinski definition) is 1. The lowest BCUT2D eigenvalue weighted by molar-refractivity contribution is -0.393. The Kier molecular flexibility index (Phi) is 4.81. The average Bonchev–Trinajstić information content (AvgIpc) is 2.76. The molecule has 0 saturated carbocycles. The zero-order valence-electron chi connectivity index (χ0n) is 15.9. The first-order valence-corrected chi connectivity index (χ1v) is 9.09. The molecule has 0 fully saturated rings. The number of fused-ring (bicyclic) bond motifs is 2. The molecule has 148 valence electrons. The molecule has 0 amide bonds. The highest BCUT2D eigenvalue weighted by Gasteiger charge is 2.19. The fourth-order valence-corrected chi connectivity index (χ4v) is 3.56. The molecule has 0 spiro atoms. The number of nitro benzene ring substituents is 2. The van der Waals surface area contributed by atoms with Gasteiger partial charge in [0, 0.05) is 11.6 Å². The van der Waals surface area contributed by atoms with Gasteiger partial charge in [0.25, 0.3) is 5.69 Å². The van der Waals surface area contributed by atoms with E-state index in [9.17, 15) is 20.2 Å². The number of anilines is 1. The Labute approximate surface area is 170 Å². The van der Waals surface area contributed by atoms with Crippen LogP contribution in [0.25, 0.3) is 21.5 Å². The standard InChI is InChI=1S/C22H16N4O4/c1-14-16-6-2-4-8-18(16)20(19-9-5-3-7-17(14)19)13-23-24-21-11-10-15(25(27)28)12-22(21)26(29)30/h2-13,24H,1H3/b23-13+. The van der Waals surface area contributed by atoms with Gasteiger partial charge in [-0.05, 0) is 40.1 Å². The molecule has 0 aromatic heterocycles. The Morgan fingerprint density at radius 2 is 1.40 bits per heavy atom. The van der Waals surface area contributed by atoms with Crippen molar-refractivity contribution in [1.82, 2.24) is 0 Å². The van der Waals surface area contributed by atoms with Crippen LogP contribution >= 0.6 is 0 Å². The highest BCUT2D eigenvalue weighted by atomic mass is 16.6. The fourth-order valence-electron chi connectivity index (χ4n) is 3.56. The van der Waals surface area contributed by atoms with Gasteiger partial charge in [0.2, 0.25) is 0 Å². The summed E-state index contributed by atoms with van der Waals surface area (Å²) in [7, 11) is 0. The monoisotopic (exact) mass is 400 g/mol. The van der Waals surface area contributed by atoms with Crippen LogP contribution in [0.3, 0.4) is 0 Å². The van der Waals surface area contributed by atoms with Crippen molar-refractivity contribution in [2.75, 3.05) is 5.43 Å². The maximum atomic E-state index is 11.3. The quantitative estimate of drug-likeness (QED) is 0.204. The Morgan fingerprint density at radius 1 is 0.833 bits per heavy atom. The lowest BCUT2D eigenvalue weighted by Crippen LogP contribution is -1.99. The molecule has 0 heterocycles. The van der Waals surface area contributed by atoms with Crippen molar-refractivity contribution in [3.63, 3.8) is 0 Å². The lowest BCUT2D eigenvalue weighted by atomic mass is 9.93. The summed E-state index contributed by atoms with van der Waals surface area (Å²) in [6.45, 7) is 2.07. The van der Waals surface area contributed by atoms with Crippen molar-refractivity contribution in [2.45, 2.75) is 6.92 Å². The molecule has 0 radical (unpaired) electrons. The van der Waals surface area contributed by atoms with Gasteiger partial charge in [-0.15, -0.1) is 0 Å². The van der Waals surface area contributed by atoms with Crippen LogP contribution in [-0.2, 0) is 0 Å². The predicted molar refractivity (Wildman–Crippen MR) is 117 cm³/mol. The van der Waals surface area contributed by atoms with Crippen LogP contribution in [0.1, 0.15) is 11.1 Å². The van der Waals surface area contributed by atoms with Crippen molar-refractivity contribution in [2.24, 2.45) is 5.10 Å². The van der Waals surface area contributed by atoms with Gasteiger partial charge >= 0.3 is 5.69 Å².